The van der Waals surface area contributed by atoms with E-state index in [4.69, 9.17) is 21.1 Å². The predicted octanol–water partition coefficient (Wildman–Crippen LogP) is 5.41. The summed E-state index contributed by atoms with van der Waals surface area (Å²) in [5.41, 5.74) is 0.556. The monoisotopic (exact) mass is 422 g/mol. The summed E-state index contributed by atoms with van der Waals surface area (Å²) in [6, 6.07) is 8.95. The van der Waals surface area contributed by atoms with Crippen LogP contribution in [0.15, 0.2) is 36.4 Å². The van der Waals surface area contributed by atoms with Crippen molar-refractivity contribution in [3.05, 3.63) is 52.8 Å². The molecule has 0 fully saturated rings. The molecule has 0 aliphatic heterocycles. The zero-order valence-electron chi connectivity index (χ0n) is 16.8. The van der Waals surface area contributed by atoms with Crippen molar-refractivity contribution in [3.63, 3.8) is 0 Å². The quantitative estimate of drug-likeness (QED) is 0.652. The fourth-order valence-corrected chi connectivity index (χ4v) is 2.76. The molecule has 0 aromatic heterocycles. The second-order valence-electron chi connectivity index (χ2n) is 7.33. The average molecular weight is 423 g/mol. The van der Waals surface area contributed by atoms with Crippen LogP contribution in [0.1, 0.15) is 32.8 Å². The van der Waals surface area contributed by atoms with Gasteiger partial charge in [-0.3, -0.25) is 10.1 Å². The molecule has 2 N–H and O–H groups in total. The summed E-state index contributed by atoms with van der Waals surface area (Å²) in [7, 11) is 1.52. The molecule has 0 saturated heterocycles. The number of halogens is 2. The first-order chi connectivity index (χ1) is 13.6. The van der Waals surface area contributed by atoms with E-state index in [1.807, 2.05) is 6.07 Å². The highest BCUT2D eigenvalue weighted by Crippen LogP contribution is 2.26. The first kappa shape index (κ1) is 22.5. The van der Waals surface area contributed by atoms with E-state index in [2.05, 4.69) is 10.6 Å². The molecule has 2 rings (SSSR count). The molecule has 2 aromatic carbocycles. The molecule has 2 amide bonds. The normalized spacial score (nSPS) is 11.0. The molecular formula is C21H24ClFN2O4. The van der Waals surface area contributed by atoms with Gasteiger partial charge in [0.1, 0.15) is 17.2 Å². The topological polar surface area (TPSA) is 76.7 Å². The van der Waals surface area contributed by atoms with Gasteiger partial charge in [0.25, 0.3) is 0 Å². The highest BCUT2D eigenvalue weighted by Gasteiger charge is 2.18. The smallest absolute Gasteiger partial charge is 0.412 e. The number of ether oxygens (including phenoxy) is 2. The number of aryl methyl sites for hydroxylation is 1. The fourth-order valence-electron chi connectivity index (χ4n) is 2.48. The molecular weight excluding hydrogens is 399 g/mol. The van der Waals surface area contributed by atoms with E-state index in [1.165, 1.54) is 19.2 Å². The van der Waals surface area contributed by atoms with Crippen molar-refractivity contribution < 1.29 is 23.5 Å². The van der Waals surface area contributed by atoms with Crippen LogP contribution in [0.3, 0.4) is 0 Å². The lowest BCUT2D eigenvalue weighted by Gasteiger charge is -2.20. The van der Waals surface area contributed by atoms with Crippen LogP contribution >= 0.6 is 11.6 Å². The van der Waals surface area contributed by atoms with Crippen LogP contribution in [0.25, 0.3) is 0 Å². The Bertz CT molecular complexity index is 897. The third-order valence-corrected chi connectivity index (χ3v) is 4.04. The fraction of sp³-hybridized carbons (Fsp3) is 0.333. The van der Waals surface area contributed by atoms with Crippen LogP contribution in [0.5, 0.6) is 5.75 Å². The summed E-state index contributed by atoms with van der Waals surface area (Å²) >= 11 is 6.09. The lowest BCUT2D eigenvalue weighted by Crippen LogP contribution is -2.27. The minimum Gasteiger partial charge on any atom is -0.495 e. The van der Waals surface area contributed by atoms with Crippen LogP contribution in [-0.2, 0) is 16.0 Å². The molecule has 0 atom stereocenters. The Morgan fingerprint density at radius 1 is 1.07 bits per heavy atom. The van der Waals surface area contributed by atoms with Crippen molar-refractivity contribution in [1.82, 2.24) is 0 Å². The van der Waals surface area contributed by atoms with Crippen LogP contribution < -0.4 is 15.4 Å². The van der Waals surface area contributed by atoms with Crippen LogP contribution in [-0.4, -0.2) is 24.7 Å². The number of methoxy groups -OCH3 is 1. The van der Waals surface area contributed by atoms with E-state index >= 15 is 0 Å². The van der Waals surface area contributed by atoms with E-state index in [1.54, 1.807) is 32.9 Å². The molecule has 0 aliphatic carbocycles. The summed E-state index contributed by atoms with van der Waals surface area (Å²) in [5.74, 6) is -0.329. The number of amides is 2. The number of nitrogens with one attached hydrogen (secondary N) is 2. The molecule has 2 aromatic rings. The molecule has 0 heterocycles. The molecule has 0 spiro atoms. The first-order valence-corrected chi connectivity index (χ1v) is 9.37. The predicted molar refractivity (Wildman–Crippen MR) is 111 cm³/mol. The van der Waals surface area contributed by atoms with Crippen LogP contribution in [0.2, 0.25) is 5.02 Å². The Labute approximate surface area is 174 Å². The molecule has 0 radical (unpaired) electrons. The number of rotatable bonds is 6. The third-order valence-electron chi connectivity index (χ3n) is 3.75. The number of hydrogen-bond acceptors (Lipinski definition) is 4. The van der Waals surface area contributed by atoms with E-state index in [-0.39, 0.29) is 23.7 Å². The molecule has 8 heteroatoms. The molecule has 29 heavy (non-hydrogen) atoms. The van der Waals surface area contributed by atoms with Gasteiger partial charge in [-0.1, -0.05) is 17.7 Å². The van der Waals surface area contributed by atoms with Gasteiger partial charge in [-0.25, -0.2) is 9.18 Å². The maximum absolute atomic E-state index is 13.7. The van der Waals surface area contributed by atoms with Gasteiger partial charge >= 0.3 is 6.09 Å². The molecule has 0 saturated carbocycles. The maximum atomic E-state index is 13.7. The van der Waals surface area contributed by atoms with Crippen molar-refractivity contribution in [2.75, 3.05) is 17.7 Å². The Hall–Kier alpha value is -2.80. The maximum Gasteiger partial charge on any atom is 0.412 e. The summed E-state index contributed by atoms with van der Waals surface area (Å²) in [5, 5.41) is 5.60. The molecule has 6 nitrogen and oxygen atoms in total. The largest absolute Gasteiger partial charge is 0.495 e. The Morgan fingerprint density at radius 3 is 2.41 bits per heavy atom. The van der Waals surface area contributed by atoms with Gasteiger partial charge in [0, 0.05) is 6.42 Å². The summed E-state index contributed by atoms with van der Waals surface area (Å²) < 4.78 is 23.9. The van der Waals surface area contributed by atoms with Gasteiger partial charge in [-0.2, -0.15) is 0 Å². The summed E-state index contributed by atoms with van der Waals surface area (Å²) in [6.45, 7) is 5.18. The lowest BCUT2D eigenvalue weighted by atomic mass is 10.1. The Kier molecular flexibility index (Phi) is 7.45. The zero-order valence-corrected chi connectivity index (χ0v) is 17.5. The Morgan fingerprint density at radius 2 is 1.79 bits per heavy atom. The van der Waals surface area contributed by atoms with Crippen molar-refractivity contribution in [3.8, 4) is 5.75 Å². The van der Waals surface area contributed by atoms with Gasteiger partial charge in [-0.05, 0) is 63.1 Å². The van der Waals surface area contributed by atoms with E-state index in [9.17, 15) is 14.0 Å². The van der Waals surface area contributed by atoms with Crippen LogP contribution in [0.4, 0.5) is 20.6 Å². The number of benzene rings is 2. The number of hydrogen-bond donors (Lipinski definition) is 2. The lowest BCUT2D eigenvalue weighted by molar-refractivity contribution is -0.116. The number of carbonyl (C=O) groups is 2. The first-order valence-electron chi connectivity index (χ1n) is 8.99. The summed E-state index contributed by atoms with van der Waals surface area (Å²) in [4.78, 5) is 24.3. The molecule has 156 valence electrons. The molecule has 0 unspecified atom stereocenters. The molecule has 0 aliphatic rings. The molecule has 0 bridgehead atoms. The number of anilines is 2. The van der Waals surface area contributed by atoms with E-state index in [0.717, 1.165) is 11.6 Å². The average Bonchev–Trinajstić information content (AvgIpc) is 2.61. The highest BCUT2D eigenvalue weighted by molar-refractivity contribution is 6.32. The van der Waals surface area contributed by atoms with Gasteiger partial charge in [0.15, 0.2) is 0 Å². The van der Waals surface area contributed by atoms with E-state index in [0.29, 0.717) is 17.2 Å². The second kappa shape index (κ2) is 9.60. The summed E-state index contributed by atoms with van der Waals surface area (Å²) in [6.07, 6.45) is -0.127. The van der Waals surface area contributed by atoms with E-state index < -0.39 is 17.5 Å². The van der Waals surface area contributed by atoms with Gasteiger partial charge < -0.3 is 14.8 Å². The van der Waals surface area contributed by atoms with Crippen molar-refractivity contribution in [1.29, 1.82) is 0 Å². The SMILES string of the molecule is COc1ccc(CCC(=O)Nc2cc(F)ccc2NC(=O)OC(C)(C)C)cc1Cl. The van der Waals surface area contributed by atoms with Crippen molar-refractivity contribution in [2.45, 2.75) is 39.2 Å². The third kappa shape index (κ3) is 7.27. The minimum absolute atomic E-state index is 0.144. The second-order valence-corrected chi connectivity index (χ2v) is 7.74. The van der Waals surface area contributed by atoms with Gasteiger partial charge in [0.05, 0.1) is 23.5 Å². The highest BCUT2D eigenvalue weighted by atomic mass is 35.5. The van der Waals surface area contributed by atoms with Crippen LogP contribution in [0, 0.1) is 5.82 Å². The minimum atomic E-state index is -0.701. The van der Waals surface area contributed by atoms with Gasteiger partial charge in [-0.15, -0.1) is 0 Å². The zero-order chi connectivity index (χ0) is 21.6. The van der Waals surface area contributed by atoms with Gasteiger partial charge in [0.2, 0.25) is 5.91 Å². The van der Waals surface area contributed by atoms with Crippen molar-refractivity contribution >= 4 is 35.0 Å². The van der Waals surface area contributed by atoms with Crippen molar-refractivity contribution in [2.24, 2.45) is 0 Å². The number of carbonyl (C=O) groups excluding carboxylic acids is 2. The Balaban J connectivity index is 2.02. The standard InChI is InChI=1S/C21H24ClFN2O4/c1-21(2,3)29-20(27)25-16-8-7-14(23)12-17(16)24-19(26)10-6-13-5-9-18(28-4)15(22)11-13/h5,7-9,11-12H,6,10H2,1-4H3,(H,24,26)(H,25,27).